The third-order valence-corrected chi connectivity index (χ3v) is 5.07. The topological polar surface area (TPSA) is 118 Å². The van der Waals surface area contributed by atoms with Gasteiger partial charge in [-0.05, 0) is 0 Å². The maximum Gasteiger partial charge on any atom is 0.154 e. The first kappa shape index (κ1) is 16.8. The third kappa shape index (κ3) is 9.48. The lowest BCUT2D eigenvalue weighted by molar-refractivity contribution is 0.164. The van der Waals surface area contributed by atoms with Crippen molar-refractivity contribution in [1.29, 1.82) is 0 Å². The van der Waals surface area contributed by atoms with Crippen LogP contribution >= 0.6 is 0 Å². The van der Waals surface area contributed by atoms with E-state index in [0.717, 1.165) is 0 Å². The Kier molecular flexibility index (Phi) is 7.88. The van der Waals surface area contributed by atoms with Crippen LogP contribution in [0.4, 0.5) is 0 Å². The van der Waals surface area contributed by atoms with Gasteiger partial charge in [0.1, 0.15) is 0 Å². The molecule has 17 heavy (non-hydrogen) atoms. The molecule has 0 aliphatic rings. The molecule has 0 atom stereocenters. The van der Waals surface area contributed by atoms with Gasteiger partial charge in [-0.2, -0.15) is 0 Å². The summed E-state index contributed by atoms with van der Waals surface area (Å²) in [5, 5.41) is 16.9. The number of sulfone groups is 2. The van der Waals surface area contributed by atoms with Crippen molar-refractivity contribution in [3.05, 3.63) is 0 Å². The van der Waals surface area contributed by atoms with Gasteiger partial charge in [-0.15, -0.1) is 0 Å². The molecule has 104 valence electrons. The fourth-order valence-electron chi connectivity index (χ4n) is 0.956. The van der Waals surface area contributed by atoms with E-state index in [0.29, 0.717) is 0 Å². The summed E-state index contributed by atoms with van der Waals surface area (Å²) in [5.41, 5.74) is 0. The van der Waals surface area contributed by atoms with E-state index in [1.54, 1.807) is 0 Å². The summed E-state index contributed by atoms with van der Waals surface area (Å²) in [7, 11) is -6.64. The van der Waals surface area contributed by atoms with Gasteiger partial charge in [0.15, 0.2) is 19.7 Å². The molecule has 0 aliphatic carbocycles. The molecule has 0 aromatic rings. The van der Waals surface area contributed by atoms with Crippen molar-refractivity contribution < 1.29 is 31.8 Å². The van der Waals surface area contributed by atoms with E-state index in [2.05, 4.69) is 0 Å². The predicted molar refractivity (Wildman–Crippen MR) is 62.3 cm³/mol. The molecule has 0 spiro atoms. The molecule has 0 fully saturated rings. The first-order valence-electron chi connectivity index (χ1n) is 5.03. The van der Waals surface area contributed by atoms with E-state index in [1.165, 1.54) is 0 Å². The summed E-state index contributed by atoms with van der Waals surface area (Å²) >= 11 is 0. The Morgan fingerprint density at radius 2 is 1.06 bits per heavy atom. The highest BCUT2D eigenvalue weighted by Gasteiger charge is 2.11. The average molecular weight is 290 g/mol. The number of aliphatic hydroxyl groups is 2. The highest BCUT2D eigenvalue weighted by Crippen LogP contribution is 1.93. The molecule has 0 aliphatic heterocycles. The Balaban J connectivity index is 3.74. The second kappa shape index (κ2) is 7.98. The van der Waals surface area contributed by atoms with Gasteiger partial charge in [0.2, 0.25) is 0 Å². The molecular weight excluding hydrogens is 272 g/mol. The van der Waals surface area contributed by atoms with Crippen LogP contribution in [0.2, 0.25) is 0 Å². The van der Waals surface area contributed by atoms with Gasteiger partial charge in [-0.1, -0.05) is 0 Å². The zero-order chi connectivity index (χ0) is 13.4. The molecule has 0 aromatic heterocycles. The van der Waals surface area contributed by atoms with E-state index in [1.807, 2.05) is 0 Å². The number of ether oxygens (including phenoxy) is 1. The van der Waals surface area contributed by atoms with Crippen molar-refractivity contribution in [2.45, 2.75) is 0 Å². The molecule has 0 aromatic carbocycles. The third-order valence-electron chi connectivity index (χ3n) is 1.88. The number of hydrogen-bond donors (Lipinski definition) is 2. The summed E-state index contributed by atoms with van der Waals surface area (Å²) in [6.07, 6.45) is 0. The molecule has 0 saturated carbocycles. The van der Waals surface area contributed by atoms with Gasteiger partial charge in [-0.3, -0.25) is 0 Å². The van der Waals surface area contributed by atoms with Crippen LogP contribution in [0, 0.1) is 0 Å². The highest BCUT2D eigenvalue weighted by molar-refractivity contribution is 7.91. The monoisotopic (exact) mass is 290 g/mol. The fraction of sp³-hybridized carbons (Fsp3) is 1.00. The maximum atomic E-state index is 11.1. The Bertz CT molecular complexity index is 346. The fourth-order valence-corrected chi connectivity index (χ4v) is 2.66. The minimum atomic E-state index is -3.32. The highest BCUT2D eigenvalue weighted by atomic mass is 32.2. The lowest BCUT2D eigenvalue weighted by atomic mass is 10.8. The van der Waals surface area contributed by atoms with Crippen LogP contribution in [-0.4, -0.2) is 76.5 Å². The van der Waals surface area contributed by atoms with Crippen LogP contribution in [0.5, 0.6) is 0 Å². The minimum Gasteiger partial charge on any atom is -0.395 e. The van der Waals surface area contributed by atoms with Crippen LogP contribution in [0.15, 0.2) is 0 Å². The van der Waals surface area contributed by atoms with Crippen LogP contribution in [0.3, 0.4) is 0 Å². The van der Waals surface area contributed by atoms with Gasteiger partial charge < -0.3 is 14.9 Å². The summed E-state index contributed by atoms with van der Waals surface area (Å²) in [6, 6.07) is 0. The van der Waals surface area contributed by atoms with Crippen LogP contribution < -0.4 is 0 Å². The van der Waals surface area contributed by atoms with Crippen molar-refractivity contribution in [1.82, 2.24) is 0 Å². The van der Waals surface area contributed by atoms with E-state index < -0.39 is 32.9 Å². The molecule has 0 heterocycles. The van der Waals surface area contributed by atoms with Crippen LogP contribution in [0.25, 0.3) is 0 Å². The maximum absolute atomic E-state index is 11.1. The summed E-state index contributed by atoms with van der Waals surface area (Å²) in [5.74, 6) is -1.13. The van der Waals surface area contributed by atoms with Crippen molar-refractivity contribution in [3.8, 4) is 0 Å². The molecule has 0 unspecified atom stereocenters. The van der Waals surface area contributed by atoms with Gasteiger partial charge in [-0.25, -0.2) is 16.8 Å². The SMILES string of the molecule is O=S(=O)(CCO)CCOCCS(=O)(=O)CCO. The number of aliphatic hydroxyl groups excluding tert-OH is 2. The minimum absolute atomic E-state index is 0.100. The molecule has 0 bridgehead atoms. The molecule has 0 rings (SSSR count). The summed E-state index contributed by atoms with van der Waals surface area (Å²) < 4.78 is 49.3. The van der Waals surface area contributed by atoms with Gasteiger partial charge in [0.25, 0.3) is 0 Å². The van der Waals surface area contributed by atoms with Gasteiger partial charge >= 0.3 is 0 Å². The lowest BCUT2D eigenvalue weighted by Crippen LogP contribution is -2.21. The smallest absolute Gasteiger partial charge is 0.154 e. The second-order valence-corrected chi connectivity index (χ2v) is 7.97. The first-order valence-corrected chi connectivity index (χ1v) is 8.67. The normalized spacial score (nSPS) is 12.8. The molecule has 7 nitrogen and oxygen atoms in total. The van der Waals surface area contributed by atoms with E-state index in [9.17, 15) is 16.8 Å². The number of rotatable bonds is 10. The van der Waals surface area contributed by atoms with Gasteiger partial charge in [0, 0.05) is 0 Å². The van der Waals surface area contributed by atoms with Crippen molar-refractivity contribution in [2.75, 3.05) is 49.4 Å². The van der Waals surface area contributed by atoms with Crippen molar-refractivity contribution in [3.63, 3.8) is 0 Å². The summed E-state index contributed by atoms with van der Waals surface area (Å²) in [4.78, 5) is 0. The molecular formula is C8H18O7S2. The Morgan fingerprint density at radius 3 is 1.35 bits per heavy atom. The Labute approximate surface area is 101 Å². The molecule has 0 radical (unpaired) electrons. The summed E-state index contributed by atoms with van der Waals surface area (Å²) in [6.45, 7) is -1.08. The largest absolute Gasteiger partial charge is 0.395 e. The van der Waals surface area contributed by atoms with E-state index >= 15 is 0 Å². The second-order valence-electron chi connectivity index (χ2n) is 3.36. The van der Waals surface area contributed by atoms with Crippen LogP contribution in [-0.2, 0) is 24.4 Å². The van der Waals surface area contributed by atoms with Crippen LogP contribution in [0.1, 0.15) is 0 Å². The van der Waals surface area contributed by atoms with Gasteiger partial charge in [0.05, 0.1) is 49.4 Å². The Hall–Kier alpha value is -0.220. The van der Waals surface area contributed by atoms with Crippen molar-refractivity contribution >= 4 is 19.7 Å². The van der Waals surface area contributed by atoms with Crippen molar-refractivity contribution in [2.24, 2.45) is 0 Å². The number of hydrogen-bond acceptors (Lipinski definition) is 7. The quantitative estimate of drug-likeness (QED) is 0.439. The van der Waals surface area contributed by atoms with E-state index in [4.69, 9.17) is 14.9 Å². The zero-order valence-corrected chi connectivity index (χ0v) is 11.0. The average Bonchev–Trinajstić information content (AvgIpc) is 2.16. The first-order chi connectivity index (χ1) is 7.83. The van der Waals surface area contributed by atoms with E-state index in [-0.39, 0.29) is 36.2 Å². The molecule has 2 N–H and O–H groups in total. The Morgan fingerprint density at radius 1 is 0.706 bits per heavy atom. The standard InChI is InChI=1S/C8H18O7S2/c9-1-5-16(11,12)7-3-15-4-8-17(13,14)6-2-10/h9-10H,1-8H2. The predicted octanol–water partition coefficient (Wildman–Crippen LogP) is -2.18. The lowest BCUT2D eigenvalue weighted by Gasteiger charge is -2.05. The zero-order valence-electron chi connectivity index (χ0n) is 9.41. The molecule has 9 heteroatoms. The molecule has 0 amide bonds. The molecule has 0 saturated heterocycles.